The molecule has 0 radical (unpaired) electrons. The van der Waals surface area contributed by atoms with Gasteiger partial charge in [0.05, 0.1) is 11.5 Å². The predicted molar refractivity (Wildman–Crippen MR) is 76.9 cm³/mol. The van der Waals surface area contributed by atoms with Crippen LogP contribution in [-0.2, 0) is 10.1 Å². The van der Waals surface area contributed by atoms with E-state index in [2.05, 4.69) is 22.9 Å². The molecule has 0 aliphatic heterocycles. The molecular formula is C13H18BrNO4. The van der Waals surface area contributed by atoms with Crippen molar-refractivity contribution in [3.63, 3.8) is 0 Å². The summed E-state index contributed by atoms with van der Waals surface area (Å²) in [6.07, 6.45) is 2.15. The summed E-state index contributed by atoms with van der Waals surface area (Å²) in [4.78, 5) is 10.3. The molecule has 0 spiro atoms. The van der Waals surface area contributed by atoms with Gasteiger partial charge < -0.3 is 9.47 Å². The maximum Gasteiger partial charge on any atom is 0.270 e. The van der Waals surface area contributed by atoms with Crippen LogP contribution in [0.5, 0.6) is 5.75 Å². The summed E-state index contributed by atoms with van der Waals surface area (Å²) in [6, 6.07) is 4.59. The number of nitrogens with zero attached hydrogens (tertiary/aromatic N) is 1. The lowest BCUT2D eigenvalue weighted by molar-refractivity contribution is -0.384. The van der Waals surface area contributed by atoms with Crippen LogP contribution in [0.25, 0.3) is 0 Å². The average Bonchev–Trinajstić information content (AvgIpc) is 2.42. The number of hydrogen-bond donors (Lipinski definition) is 0. The number of nitro groups is 1. The van der Waals surface area contributed by atoms with Gasteiger partial charge in [0.15, 0.2) is 0 Å². The number of hydrogen-bond acceptors (Lipinski definition) is 4. The summed E-state index contributed by atoms with van der Waals surface area (Å²) in [5, 5.41) is 11.2. The molecule has 0 saturated heterocycles. The summed E-state index contributed by atoms with van der Waals surface area (Å²) < 4.78 is 11.0. The minimum Gasteiger partial charge on any atom is -0.491 e. The van der Waals surface area contributed by atoms with Gasteiger partial charge in [0.1, 0.15) is 12.4 Å². The number of alkyl halides is 1. The molecule has 6 heteroatoms. The predicted octanol–water partition coefficient (Wildman–Crippen LogP) is 3.69. The fourth-order valence-corrected chi connectivity index (χ4v) is 1.92. The highest BCUT2D eigenvalue weighted by Crippen LogP contribution is 2.26. The zero-order valence-electron chi connectivity index (χ0n) is 10.9. The third-order valence-corrected chi connectivity index (χ3v) is 3.13. The van der Waals surface area contributed by atoms with Crippen LogP contribution in [0.15, 0.2) is 18.2 Å². The number of rotatable bonds is 9. The Morgan fingerprint density at radius 3 is 2.74 bits per heavy atom. The van der Waals surface area contributed by atoms with Crippen molar-refractivity contribution in [3.8, 4) is 5.75 Å². The lowest BCUT2D eigenvalue weighted by Crippen LogP contribution is -2.08. The minimum absolute atomic E-state index is 0.0704. The van der Waals surface area contributed by atoms with Crippen molar-refractivity contribution in [2.45, 2.75) is 25.1 Å². The van der Waals surface area contributed by atoms with Crippen LogP contribution in [0.3, 0.4) is 0 Å². The van der Waals surface area contributed by atoms with E-state index in [4.69, 9.17) is 9.47 Å². The van der Waals surface area contributed by atoms with Gasteiger partial charge in [0.25, 0.3) is 5.69 Å². The van der Waals surface area contributed by atoms with Crippen molar-refractivity contribution in [2.75, 3.05) is 19.8 Å². The minimum atomic E-state index is -0.413. The van der Waals surface area contributed by atoms with Crippen molar-refractivity contribution in [2.24, 2.45) is 0 Å². The Balaban J connectivity index is 2.47. The fraction of sp³-hybridized carbons (Fsp3) is 0.538. The normalized spacial score (nSPS) is 10.4. The number of ether oxygens (including phenoxy) is 2. The molecule has 0 aliphatic rings. The zero-order chi connectivity index (χ0) is 14.1. The maximum absolute atomic E-state index is 10.7. The van der Waals surface area contributed by atoms with Crippen LogP contribution in [0.2, 0.25) is 0 Å². The molecule has 0 saturated carbocycles. The van der Waals surface area contributed by atoms with Gasteiger partial charge in [-0.1, -0.05) is 29.3 Å². The van der Waals surface area contributed by atoms with E-state index in [0.717, 1.165) is 25.0 Å². The molecule has 1 rings (SSSR count). The molecule has 1 aromatic rings. The van der Waals surface area contributed by atoms with Crippen LogP contribution in [0.4, 0.5) is 5.69 Å². The zero-order valence-corrected chi connectivity index (χ0v) is 12.5. The molecule has 0 atom stereocenters. The van der Waals surface area contributed by atoms with Gasteiger partial charge in [0, 0.05) is 29.6 Å². The van der Waals surface area contributed by atoms with E-state index in [1.807, 2.05) is 0 Å². The third kappa shape index (κ3) is 5.57. The highest BCUT2D eigenvalue weighted by Gasteiger charge is 2.10. The number of halogens is 1. The molecule has 0 aromatic heterocycles. The van der Waals surface area contributed by atoms with Crippen molar-refractivity contribution in [1.82, 2.24) is 0 Å². The molecule has 0 bridgehead atoms. The van der Waals surface area contributed by atoms with Crippen LogP contribution in [0, 0.1) is 10.1 Å². The molecule has 0 N–H and O–H groups in total. The molecule has 0 amide bonds. The molecule has 0 unspecified atom stereocenters. The van der Waals surface area contributed by atoms with E-state index in [-0.39, 0.29) is 5.69 Å². The molecule has 0 aliphatic carbocycles. The van der Waals surface area contributed by atoms with E-state index < -0.39 is 4.92 Å². The second-order valence-electron chi connectivity index (χ2n) is 4.00. The second-order valence-corrected chi connectivity index (χ2v) is 4.56. The lowest BCUT2D eigenvalue weighted by atomic mass is 10.2. The number of benzene rings is 1. The van der Waals surface area contributed by atoms with Crippen LogP contribution in [0.1, 0.15) is 25.3 Å². The first-order chi connectivity index (χ1) is 9.19. The van der Waals surface area contributed by atoms with Gasteiger partial charge in [-0.05, 0) is 12.5 Å². The Hall–Kier alpha value is -1.14. The van der Waals surface area contributed by atoms with Crippen molar-refractivity contribution >= 4 is 21.6 Å². The number of non-ortho nitro benzene ring substituents is 1. The SMILES string of the molecule is CCCCOCCOc1ccc([N+](=O)[O-])cc1CBr. The second kappa shape index (κ2) is 8.87. The summed E-state index contributed by atoms with van der Waals surface area (Å²) in [6.45, 7) is 3.82. The van der Waals surface area contributed by atoms with Crippen LogP contribution >= 0.6 is 15.9 Å². The largest absolute Gasteiger partial charge is 0.491 e. The van der Waals surface area contributed by atoms with Gasteiger partial charge in [-0.25, -0.2) is 0 Å². The third-order valence-electron chi connectivity index (χ3n) is 2.53. The number of unbranched alkanes of at least 4 members (excludes halogenated alkanes) is 1. The summed E-state index contributed by atoms with van der Waals surface area (Å²) in [7, 11) is 0. The maximum atomic E-state index is 10.7. The summed E-state index contributed by atoms with van der Waals surface area (Å²) >= 11 is 3.30. The lowest BCUT2D eigenvalue weighted by Gasteiger charge is -2.10. The molecule has 19 heavy (non-hydrogen) atoms. The first-order valence-corrected chi connectivity index (χ1v) is 7.35. The van der Waals surface area contributed by atoms with E-state index in [9.17, 15) is 10.1 Å². The summed E-state index contributed by atoms with van der Waals surface area (Å²) in [5.41, 5.74) is 0.837. The van der Waals surface area contributed by atoms with Crippen molar-refractivity contribution in [1.29, 1.82) is 0 Å². The quantitative estimate of drug-likeness (QED) is 0.299. The topological polar surface area (TPSA) is 61.6 Å². The first-order valence-electron chi connectivity index (χ1n) is 6.22. The molecule has 0 heterocycles. The summed E-state index contributed by atoms with van der Waals surface area (Å²) in [5.74, 6) is 0.654. The Kier molecular flexibility index (Phi) is 7.43. The smallest absolute Gasteiger partial charge is 0.270 e. The van der Waals surface area contributed by atoms with Gasteiger partial charge >= 0.3 is 0 Å². The number of nitro benzene ring substituents is 1. The Morgan fingerprint density at radius 1 is 1.32 bits per heavy atom. The van der Waals surface area contributed by atoms with Crippen molar-refractivity contribution in [3.05, 3.63) is 33.9 Å². The average molecular weight is 332 g/mol. The molecule has 1 aromatic carbocycles. The highest BCUT2D eigenvalue weighted by molar-refractivity contribution is 9.08. The van der Waals surface area contributed by atoms with Gasteiger partial charge in [-0.2, -0.15) is 0 Å². The van der Waals surface area contributed by atoms with E-state index in [0.29, 0.717) is 24.3 Å². The molecular weight excluding hydrogens is 314 g/mol. The molecule has 5 nitrogen and oxygen atoms in total. The van der Waals surface area contributed by atoms with Gasteiger partial charge in [0.2, 0.25) is 0 Å². The van der Waals surface area contributed by atoms with E-state index >= 15 is 0 Å². The van der Waals surface area contributed by atoms with Gasteiger partial charge in [-0.3, -0.25) is 10.1 Å². The molecule has 106 valence electrons. The van der Waals surface area contributed by atoms with E-state index in [1.165, 1.54) is 12.1 Å². The monoisotopic (exact) mass is 331 g/mol. The molecule has 0 fully saturated rings. The van der Waals surface area contributed by atoms with Crippen LogP contribution < -0.4 is 4.74 Å². The Labute approximate surface area is 121 Å². The highest BCUT2D eigenvalue weighted by atomic mass is 79.9. The fourth-order valence-electron chi connectivity index (χ4n) is 1.48. The van der Waals surface area contributed by atoms with Gasteiger partial charge in [-0.15, -0.1) is 0 Å². The Bertz CT molecular complexity index is 412. The standard InChI is InChI=1S/C13H18BrNO4/c1-2-3-6-18-7-8-19-13-5-4-12(15(16)17)9-11(13)10-14/h4-5,9H,2-3,6-8,10H2,1H3. The Morgan fingerprint density at radius 2 is 2.11 bits per heavy atom. The van der Waals surface area contributed by atoms with Crippen LogP contribution in [-0.4, -0.2) is 24.7 Å². The first kappa shape index (κ1) is 15.9. The van der Waals surface area contributed by atoms with E-state index in [1.54, 1.807) is 6.07 Å². The van der Waals surface area contributed by atoms with Crippen molar-refractivity contribution < 1.29 is 14.4 Å².